The van der Waals surface area contributed by atoms with Crippen LogP contribution in [0.3, 0.4) is 0 Å². The number of aromatic amines is 2. The van der Waals surface area contributed by atoms with Gasteiger partial charge in [0.1, 0.15) is 0 Å². The van der Waals surface area contributed by atoms with Crippen molar-refractivity contribution < 1.29 is 57.9 Å². The van der Waals surface area contributed by atoms with Crippen molar-refractivity contribution in [2.24, 2.45) is 0 Å². The molecule has 0 aliphatic heterocycles. The Kier molecular flexibility index (Phi) is 10.2. The molecule has 0 unspecified atom stereocenters. The Morgan fingerprint density at radius 3 is 1.43 bits per heavy atom. The van der Waals surface area contributed by atoms with E-state index in [1.54, 1.807) is 24.5 Å². The molecule has 0 saturated heterocycles. The first-order valence-electron chi connectivity index (χ1n) is 19.2. The van der Waals surface area contributed by atoms with Gasteiger partial charge in [0, 0.05) is 28.8 Å². The smallest absolute Gasteiger partial charge is 0.868 e. The largest absolute Gasteiger partial charge is 1.00 e. The van der Waals surface area contributed by atoms with E-state index in [4.69, 9.17) is 9.97 Å². The third kappa shape index (κ3) is 6.30. The third-order valence-electron chi connectivity index (χ3n) is 11.3. The molecule has 0 spiro atoms. The maximum Gasteiger partial charge on any atom is 1.00 e. The molecule has 0 atom stereocenters. The van der Waals surface area contributed by atoms with E-state index in [0.717, 1.165) is 93.4 Å². The quantitative estimate of drug-likeness (QED) is 0.148. The minimum absolute atomic E-state index is 0. The Bertz CT molecular complexity index is 3380. The minimum Gasteiger partial charge on any atom is -0.868 e. The van der Waals surface area contributed by atoms with Crippen LogP contribution in [0.15, 0.2) is 182 Å². The normalized spacial score (nSPS) is 11.2. The molecule has 0 aliphatic rings. The molecule has 0 aliphatic carbocycles. The summed E-state index contributed by atoms with van der Waals surface area (Å²) in [6.45, 7) is 0. The first-order chi connectivity index (χ1) is 28.6. The molecule has 11 rings (SSSR count). The van der Waals surface area contributed by atoms with Gasteiger partial charge in [0.25, 0.3) is 0 Å². The van der Waals surface area contributed by atoms with Gasteiger partial charge >= 0.3 is 37.7 Å². The van der Waals surface area contributed by atoms with Gasteiger partial charge in [0.2, 0.25) is 11.0 Å². The van der Waals surface area contributed by atoms with Crippen LogP contribution in [-0.4, -0.2) is 9.97 Å². The molecule has 2 N–H and O–H groups in total. The van der Waals surface area contributed by atoms with E-state index < -0.39 is 0 Å². The van der Waals surface area contributed by atoms with Crippen LogP contribution >= 0.6 is 0 Å². The number of pyridine rings is 2. The first kappa shape index (κ1) is 38.7. The van der Waals surface area contributed by atoms with Gasteiger partial charge in [-0.1, -0.05) is 140 Å². The second kappa shape index (κ2) is 15.8. The van der Waals surface area contributed by atoms with E-state index in [1.165, 1.54) is 0 Å². The van der Waals surface area contributed by atoms with Gasteiger partial charge in [-0.2, -0.15) is 0 Å². The number of hydrogen-bond donors (Lipinski definition) is 0. The predicted octanol–water partition coefficient (Wildman–Crippen LogP) is 4.36. The van der Waals surface area contributed by atoms with Crippen LogP contribution in [-0.2, 0) is 0 Å². The van der Waals surface area contributed by atoms with Crippen LogP contribution in [0.5, 0.6) is 11.5 Å². The van der Waals surface area contributed by atoms with E-state index in [2.05, 4.69) is 94.9 Å². The van der Waals surface area contributed by atoms with Crippen LogP contribution in [0.4, 0.5) is 0 Å². The van der Waals surface area contributed by atoms with Gasteiger partial charge in [-0.15, -0.1) is 0 Å². The van der Waals surface area contributed by atoms with Gasteiger partial charge in [-0.3, -0.25) is 0 Å². The fraction of sp³-hybridized carbons (Fsp3) is 0. The Morgan fingerprint density at radius 1 is 0.367 bits per heavy atom. The topological polar surface area (TPSA) is 100 Å². The van der Waals surface area contributed by atoms with Crippen LogP contribution in [0.25, 0.3) is 110 Å². The number of H-pyrrole nitrogens is 2. The summed E-state index contributed by atoms with van der Waals surface area (Å²) >= 11 is 0. The van der Waals surface area contributed by atoms with Crippen molar-refractivity contribution >= 4 is 54.1 Å². The zero-order chi connectivity index (χ0) is 38.7. The third-order valence-corrected chi connectivity index (χ3v) is 11.3. The molecule has 6 nitrogen and oxygen atoms in total. The molecule has 11 aromatic rings. The molecule has 60 heavy (non-hydrogen) atoms. The summed E-state index contributed by atoms with van der Waals surface area (Å²) in [6.07, 6.45) is 3.59. The van der Waals surface area contributed by atoms with E-state index >= 15 is 0 Å². The maximum atomic E-state index is 13.3. The number of nitrogens with one attached hydrogen (secondary N) is 2. The molecule has 0 fully saturated rings. The molecular weight excluding hydrogens is 726 g/mol. The Labute approximate surface area is 369 Å². The average molecular weight is 759 g/mol. The zero-order valence-corrected chi connectivity index (χ0v) is 33.0. The van der Waals surface area contributed by atoms with Crippen molar-refractivity contribution in [1.29, 1.82) is 0 Å². The van der Waals surface area contributed by atoms with Crippen LogP contribution in [0.1, 0.15) is 0 Å². The molecule has 0 saturated carbocycles. The summed E-state index contributed by atoms with van der Waals surface area (Å²) in [5.74, 6) is 0.491. The van der Waals surface area contributed by atoms with E-state index in [1.807, 2.05) is 72.8 Å². The zero-order valence-electron chi connectivity index (χ0n) is 33.0. The Balaban J connectivity index is 0.00000231. The fourth-order valence-electron chi connectivity index (χ4n) is 8.71. The second-order valence-electron chi connectivity index (χ2n) is 14.5. The SMILES string of the molecule is [Li+].[Li+].[O-]c1ccc(-c2c3ccccc3c(-c3ccc([O-])c4[nH+]cccc34)c3c2ccc2c(-c4nc(-c5ccccc5)cc(-c5ccccc5)n4)cccc23)c2ccc[nH+]c12. The van der Waals surface area contributed by atoms with Gasteiger partial charge in [-0.05, 0) is 84.3 Å². The average Bonchev–Trinajstić information content (AvgIpc) is 3.29. The van der Waals surface area contributed by atoms with Gasteiger partial charge in [0.05, 0.1) is 22.2 Å². The molecular formula is C52H32Li2N4O2+2. The van der Waals surface area contributed by atoms with Crippen molar-refractivity contribution in [1.82, 2.24) is 9.97 Å². The van der Waals surface area contributed by atoms with Crippen LogP contribution in [0, 0.1) is 0 Å². The summed E-state index contributed by atoms with van der Waals surface area (Å²) in [6, 6.07) is 56.8. The molecule has 8 aromatic carbocycles. The van der Waals surface area contributed by atoms with Crippen LogP contribution < -0.4 is 57.9 Å². The van der Waals surface area contributed by atoms with E-state index in [-0.39, 0.29) is 49.2 Å². The van der Waals surface area contributed by atoms with Gasteiger partial charge in [0.15, 0.2) is 18.2 Å². The molecule has 0 amide bonds. The fourth-order valence-corrected chi connectivity index (χ4v) is 8.71. The van der Waals surface area contributed by atoms with E-state index in [0.29, 0.717) is 16.9 Å². The summed E-state index contributed by atoms with van der Waals surface area (Å²) < 4.78 is 0. The number of rotatable bonds is 5. The summed E-state index contributed by atoms with van der Waals surface area (Å²) in [7, 11) is 0. The Hall–Kier alpha value is -6.77. The van der Waals surface area contributed by atoms with Crippen molar-refractivity contribution in [2.75, 3.05) is 0 Å². The summed E-state index contributed by atoms with van der Waals surface area (Å²) in [5.41, 5.74) is 9.63. The predicted molar refractivity (Wildman–Crippen MR) is 229 cm³/mol. The van der Waals surface area contributed by atoms with Crippen molar-refractivity contribution in [3.63, 3.8) is 0 Å². The first-order valence-corrected chi connectivity index (χ1v) is 19.2. The molecule has 0 radical (unpaired) electrons. The van der Waals surface area contributed by atoms with Gasteiger partial charge in [-0.25, -0.2) is 19.9 Å². The maximum absolute atomic E-state index is 13.3. The van der Waals surface area contributed by atoms with Crippen LogP contribution in [0.2, 0.25) is 0 Å². The number of aromatic nitrogens is 4. The molecule has 272 valence electrons. The Morgan fingerprint density at radius 2 is 0.850 bits per heavy atom. The minimum atomic E-state index is -0.0678. The monoisotopic (exact) mass is 758 g/mol. The number of benzene rings is 8. The molecule has 3 aromatic heterocycles. The molecule has 8 heteroatoms. The second-order valence-corrected chi connectivity index (χ2v) is 14.5. The number of hydrogen-bond acceptors (Lipinski definition) is 4. The standard InChI is InChI=1S/C52H32N4O2.2Li/c57-45-26-24-37(39-20-10-28-53-50(39)45)47-35-16-7-8-17-36(35)48(38-25-27-46(58)51-40(38)21-11-29-54-51)49-34-18-9-19-41(33(34)22-23-42(47)49)52-55-43(31-12-3-1-4-13-31)30-44(56-52)32-14-5-2-6-15-32;;/h1-30,57-58H;;/q;2*+1. The van der Waals surface area contributed by atoms with E-state index in [9.17, 15) is 10.2 Å². The summed E-state index contributed by atoms with van der Waals surface area (Å²) in [4.78, 5) is 16.9. The van der Waals surface area contributed by atoms with Gasteiger partial charge < -0.3 is 10.2 Å². The molecule has 3 heterocycles. The van der Waals surface area contributed by atoms with Crippen molar-refractivity contribution in [2.45, 2.75) is 0 Å². The van der Waals surface area contributed by atoms with Crippen molar-refractivity contribution in [3.8, 4) is 67.7 Å². The van der Waals surface area contributed by atoms with Crippen molar-refractivity contribution in [3.05, 3.63) is 182 Å². The number of fused-ring (bicyclic) bond motifs is 6. The summed E-state index contributed by atoms with van der Waals surface area (Å²) in [5, 5.41) is 34.3. The molecule has 0 bridgehead atoms. The number of nitrogens with zero attached hydrogens (tertiary/aromatic N) is 2.